The van der Waals surface area contributed by atoms with Gasteiger partial charge in [-0.25, -0.2) is 0 Å². The number of pyridine rings is 1. The third-order valence-corrected chi connectivity index (χ3v) is 3.38. The second kappa shape index (κ2) is 5.36. The number of hydrogen-bond acceptors (Lipinski definition) is 2. The van der Waals surface area contributed by atoms with Crippen LogP contribution in [0.5, 0.6) is 0 Å². The molecule has 2 N–H and O–H groups in total. The quantitative estimate of drug-likeness (QED) is 0.877. The van der Waals surface area contributed by atoms with E-state index in [1.165, 1.54) is 0 Å². The van der Waals surface area contributed by atoms with Crippen LogP contribution in [-0.2, 0) is 4.79 Å². The molecule has 0 spiro atoms. The summed E-state index contributed by atoms with van der Waals surface area (Å²) in [7, 11) is 0. The number of hydrogen-bond donors (Lipinski definition) is 2. The Morgan fingerprint density at radius 3 is 2.75 bits per heavy atom. The summed E-state index contributed by atoms with van der Waals surface area (Å²) in [5.41, 5.74) is 0.687. The molecule has 0 aliphatic heterocycles. The average molecular weight is 274 g/mol. The minimum atomic E-state index is -0.860. The van der Waals surface area contributed by atoms with Gasteiger partial charge in [-0.2, -0.15) is 0 Å². The lowest BCUT2D eigenvalue weighted by Crippen LogP contribution is -2.31. The number of carbonyl (C=O) groups is 2. The Labute approximate surface area is 117 Å². The number of rotatable bonds is 5. The Bertz CT molecular complexity index is 610. The molecule has 0 saturated carbocycles. The van der Waals surface area contributed by atoms with Crippen molar-refractivity contribution in [3.8, 4) is 0 Å². The van der Waals surface area contributed by atoms with E-state index in [0.717, 1.165) is 5.52 Å². The van der Waals surface area contributed by atoms with Crippen molar-refractivity contribution in [3.63, 3.8) is 0 Å². The van der Waals surface area contributed by atoms with Crippen molar-refractivity contribution in [2.24, 2.45) is 5.41 Å². The number of amides is 1. The van der Waals surface area contributed by atoms with Crippen LogP contribution in [0.4, 0.5) is 0 Å². The summed E-state index contributed by atoms with van der Waals surface area (Å²) in [6.45, 7) is 3.63. The molecule has 0 bridgehead atoms. The van der Waals surface area contributed by atoms with Crippen LogP contribution in [0.1, 0.15) is 30.6 Å². The first kappa shape index (κ1) is 14.1. The summed E-state index contributed by atoms with van der Waals surface area (Å²) in [4.78, 5) is 23.0. The largest absolute Gasteiger partial charge is 0.481 e. The summed E-state index contributed by atoms with van der Waals surface area (Å²) in [6, 6.07) is 7.53. The highest BCUT2D eigenvalue weighted by Gasteiger charge is 2.26. The maximum Gasteiger partial charge on any atom is 0.309 e. The van der Waals surface area contributed by atoms with Crippen LogP contribution in [-0.4, -0.2) is 27.9 Å². The zero-order valence-electron chi connectivity index (χ0n) is 11.6. The van der Waals surface area contributed by atoms with Gasteiger partial charge < -0.3 is 14.8 Å². The topological polar surface area (TPSA) is 70.8 Å². The van der Waals surface area contributed by atoms with E-state index < -0.39 is 11.4 Å². The summed E-state index contributed by atoms with van der Waals surface area (Å²) >= 11 is 0. The first-order valence-electron chi connectivity index (χ1n) is 6.48. The molecule has 0 fully saturated rings. The molecular formula is C15H18N2O3. The van der Waals surface area contributed by atoms with Crippen molar-refractivity contribution < 1.29 is 14.7 Å². The normalized spacial score (nSPS) is 11.5. The number of carboxylic acid groups (broad SMARTS) is 1. The van der Waals surface area contributed by atoms with Gasteiger partial charge in [-0.3, -0.25) is 9.59 Å². The van der Waals surface area contributed by atoms with Crippen LogP contribution in [0.25, 0.3) is 5.52 Å². The fourth-order valence-corrected chi connectivity index (χ4v) is 1.88. The predicted octanol–water partition coefficient (Wildman–Crippen LogP) is 2.17. The minimum Gasteiger partial charge on any atom is -0.481 e. The summed E-state index contributed by atoms with van der Waals surface area (Å²) in [5.74, 6) is -1.05. The molecule has 0 aliphatic carbocycles. The van der Waals surface area contributed by atoms with Crippen molar-refractivity contribution in [2.75, 3.05) is 6.54 Å². The van der Waals surface area contributed by atoms with E-state index in [0.29, 0.717) is 18.5 Å². The van der Waals surface area contributed by atoms with Crippen LogP contribution in [0, 0.1) is 5.41 Å². The van der Waals surface area contributed by atoms with Gasteiger partial charge >= 0.3 is 5.97 Å². The van der Waals surface area contributed by atoms with E-state index in [1.807, 2.05) is 28.8 Å². The molecule has 0 aromatic carbocycles. The standard InChI is InChI=1S/C15H18N2O3/c1-15(2,14(19)20)6-7-16-13(18)11-9-12-5-3-4-8-17(12)10-11/h3-5,8-10H,6-7H2,1-2H3,(H,16,18)(H,19,20). The molecule has 2 aromatic rings. The lowest BCUT2D eigenvalue weighted by molar-refractivity contribution is -0.147. The van der Waals surface area contributed by atoms with Crippen molar-refractivity contribution in [1.82, 2.24) is 9.72 Å². The van der Waals surface area contributed by atoms with E-state index in [4.69, 9.17) is 5.11 Å². The predicted molar refractivity (Wildman–Crippen MR) is 75.8 cm³/mol. The van der Waals surface area contributed by atoms with Crippen molar-refractivity contribution >= 4 is 17.4 Å². The van der Waals surface area contributed by atoms with Crippen LogP contribution >= 0.6 is 0 Å². The fourth-order valence-electron chi connectivity index (χ4n) is 1.88. The molecule has 2 rings (SSSR count). The molecule has 0 saturated heterocycles. The highest BCUT2D eigenvalue weighted by Crippen LogP contribution is 2.19. The van der Waals surface area contributed by atoms with Crippen LogP contribution in [0.2, 0.25) is 0 Å². The number of aromatic nitrogens is 1. The molecule has 5 heteroatoms. The van der Waals surface area contributed by atoms with Gasteiger partial charge in [0.2, 0.25) is 0 Å². The van der Waals surface area contributed by atoms with Gasteiger partial charge in [0.15, 0.2) is 0 Å². The van der Waals surface area contributed by atoms with E-state index in [1.54, 1.807) is 26.1 Å². The molecule has 0 aliphatic rings. The Morgan fingerprint density at radius 2 is 2.10 bits per heavy atom. The molecule has 0 atom stereocenters. The number of carbonyl (C=O) groups excluding carboxylic acids is 1. The highest BCUT2D eigenvalue weighted by atomic mass is 16.4. The number of carboxylic acids is 1. The lowest BCUT2D eigenvalue weighted by Gasteiger charge is -2.18. The zero-order chi connectivity index (χ0) is 14.8. The first-order chi connectivity index (χ1) is 9.40. The van der Waals surface area contributed by atoms with Crippen molar-refractivity contribution in [2.45, 2.75) is 20.3 Å². The third kappa shape index (κ3) is 2.99. The second-order valence-corrected chi connectivity index (χ2v) is 5.46. The van der Waals surface area contributed by atoms with Crippen LogP contribution in [0.15, 0.2) is 36.7 Å². The Kier molecular flexibility index (Phi) is 3.79. The Hall–Kier alpha value is -2.30. The third-order valence-electron chi connectivity index (χ3n) is 3.38. The maximum absolute atomic E-state index is 12.0. The van der Waals surface area contributed by atoms with Crippen molar-refractivity contribution in [1.29, 1.82) is 0 Å². The summed E-state index contributed by atoms with van der Waals surface area (Å²) in [6.07, 6.45) is 4.02. The highest BCUT2D eigenvalue weighted by molar-refractivity contribution is 5.95. The average Bonchev–Trinajstić information content (AvgIpc) is 2.82. The number of nitrogens with one attached hydrogen (secondary N) is 1. The molecule has 1 amide bonds. The van der Waals surface area contributed by atoms with Gasteiger partial charge in [-0.15, -0.1) is 0 Å². The summed E-state index contributed by atoms with van der Waals surface area (Å²) < 4.78 is 1.87. The van der Waals surface area contributed by atoms with Gasteiger partial charge in [0.05, 0.1) is 11.0 Å². The van der Waals surface area contributed by atoms with E-state index >= 15 is 0 Å². The molecular weight excluding hydrogens is 256 g/mol. The Morgan fingerprint density at radius 1 is 1.35 bits per heavy atom. The second-order valence-electron chi connectivity index (χ2n) is 5.46. The Balaban J connectivity index is 1.97. The summed E-state index contributed by atoms with van der Waals surface area (Å²) in [5, 5.41) is 11.8. The fraction of sp³-hybridized carbons (Fsp3) is 0.333. The SMILES string of the molecule is CC(C)(CCNC(=O)c1cc2ccccn2c1)C(=O)O. The zero-order valence-corrected chi connectivity index (χ0v) is 11.6. The molecule has 106 valence electrons. The monoisotopic (exact) mass is 274 g/mol. The van der Waals surface area contributed by atoms with E-state index in [9.17, 15) is 9.59 Å². The van der Waals surface area contributed by atoms with Crippen LogP contribution < -0.4 is 5.32 Å². The number of nitrogens with zero attached hydrogens (tertiary/aromatic N) is 1. The maximum atomic E-state index is 12.0. The van der Waals surface area contributed by atoms with Gasteiger partial charge in [0.25, 0.3) is 5.91 Å². The smallest absolute Gasteiger partial charge is 0.309 e. The van der Waals surface area contributed by atoms with Gasteiger partial charge in [-0.05, 0) is 38.5 Å². The molecule has 2 heterocycles. The number of aliphatic carboxylic acids is 1. The van der Waals surface area contributed by atoms with Gasteiger partial charge in [0, 0.05) is 24.5 Å². The minimum absolute atomic E-state index is 0.185. The van der Waals surface area contributed by atoms with E-state index in [-0.39, 0.29) is 5.91 Å². The molecule has 0 unspecified atom stereocenters. The van der Waals surface area contributed by atoms with Crippen LogP contribution in [0.3, 0.4) is 0 Å². The first-order valence-corrected chi connectivity index (χ1v) is 6.48. The van der Waals surface area contributed by atoms with Gasteiger partial charge in [0.1, 0.15) is 0 Å². The number of fused-ring (bicyclic) bond motifs is 1. The lowest BCUT2D eigenvalue weighted by atomic mass is 9.90. The van der Waals surface area contributed by atoms with Gasteiger partial charge in [-0.1, -0.05) is 6.07 Å². The van der Waals surface area contributed by atoms with E-state index in [2.05, 4.69) is 5.32 Å². The van der Waals surface area contributed by atoms with Crippen molar-refractivity contribution in [3.05, 3.63) is 42.2 Å². The molecule has 20 heavy (non-hydrogen) atoms. The molecule has 5 nitrogen and oxygen atoms in total. The molecule has 0 radical (unpaired) electrons. The molecule has 2 aromatic heterocycles.